The quantitative estimate of drug-likeness (QED) is 0.156. The van der Waals surface area contributed by atoms with Gasteiger partial charge in [-0.1, -0.05) is 30.9 Å². The Bertz CT molecular complexity index is 1550. The molecule has 0 aliphatic carbocycles. The lowest BCUT2D eigenvalue weighted by Crippen LogP contribution is -2.31. The van der Waals surface area contributed by atoms with Crippen molar-refractivity contribution >= 4 is 23.1 Å². The molecule has 38 heavy (non-hydrogen) atoms. The van der Waals surface area contributed by atoms with Crippen molar-refractivity contribution in [1.82, 2.24) is 23.8 Å². The van der Waals surface area contributed by atoms with E-state index in [1.807, 2.05) is 53.4 Å². The summed E-state index contributed by atoms with van der Waals surface area (Å²) >= 11 is 0. The Morgan fingerprint density at radius 1 is 1.16 bits per heavy atom. The van der Waals surface area contributed by atoms with Crippen LogP contribution in [0, 0.1) is 13.8 Å². The third-order valence-electron chi connectivity index (χ3n) is 6.76. The van der Waals surface area contributed by atoms with E-state index in [0.717, 1.165) is 5.56 Å². The van der Waals surface area contributed by atoms with E-state index in [2.05, 4.69) is 16.5 Å². The fraction of sp³-hybridized carbons (Fsp3) is 0.241. The minimum Gasteiger partial charge on any atom is -0.505 e. The number of Topliss-reactive ketones (excluding diaryl/α,β-unsaturated/α-hetero) is 1. The average Bonchev–Trinajstić information content (AvgIpc) is 3.62. The molecule has 1 aromatic carbocycles. The van der Waals surface area contributed by atoms with E-state index < -0.39 is 17.7 Å². The van der Waals surface area contributed by atoms with Crippen LogP contribution in [0.15, 0.2) is 79.5 Å². The molecule has 3 aromatic heterocycles. The zero-order valence-electron chi connectivity index (χ0n) is 21.4. The number of benzene rings is 1. The van der Waals surface area contributed by atoms with Crippen LogP contribution in [-0.4, -0.2) is 53.8 Å². The third kappa shape index (κ3) is 4.47. The van der Waals surface area contributed by atoms with Gasteiger partial charge in [-0.15, -0.1) is 0 Å². The van der Waals surface area contributed by atoms with Crippen LogP contribution in [0.4, 0.5) is 0 Å². The maximum absolute atomic E-state index is 13.5. The first-order valence-electron chi connectivity index (χ1n) is 12.4. The van der Waals surface area contributed by atoms with Gasteiger partial charge in [0.05, 0.1) is 23.6 Å². The van der Waals surface area contributed by atoms with Gasteiger partial charge in [-0.3, -0.25) is 9.59 Å². The zero-order valence-corrected chi connectivity index (χ0v) is 21.4. The molecular formula is C29H29N5O4. The van der Waals surface area contributed by atoms with E-state index >= 15 is 0 Å². The Hall–Kier alpha value is -4.66. The van der Waals surface area contributed by atoms with Crippen molar-refractivity contribution in [3.8, 4) is 5.75 Å². The average molecular weight is 512 g/mol. The lowest BCUT2D eigenvalue weighted by molar-refractivity contribution is -0.139. The fourth-order valence-electron chi connectivity index (χ4n) is 4.90. The summed E-state index contributed by atoms with van der Waals surface area (Å²) in [6.45, 7) is 8.70. The molecule has 5 rings (SSSR count). The molecule has 1 aliphatic heterocycles. The Morgan fingerprint density at radius 3 is 2.74 bits per heavy atom. The predicted octanol–water partition coefficient (Wildman–Crippen LogP) is 4.22. The van der Waals surface area contributed by atoms with Crippen molar-refractivity contribution < 1.29 is 19.4 Å². The summed E-state index contributed by atoms with van der Waals surface area (Å²) in [5.74, 6) is -1.10. The molecule has 194 valence electrons. The summed E-state index contributed by atoms with van der Waals surface area (Å²) in [6, 6.07) is 10.3. The summed E-state index contributed by atoms with van der Waals surface area (Å²) in [4.78, 5) is 37.0. The second kappa shape index (κ2) is 10.4. The molecule has 0 saturated carbocycles. The highest BCUT2D eigenvalue weighted by atomic mass is 16.5. The number of fused-ring (bicyclic) bond motifs is 1. The van der Waals surface area contributed by atoms with Crippen molar-refractivity contribution in [2.45, 2.75) is 32.9 Å². The van der Waals surface area contributed by atoms with Gasteiger partial charge in [0.1, 0.15) is 23.7 Å². The summed E-state index contributed by atoms with van der Waals surface area (Å²) in [7, 11) is 0. The van der Waals surface area contributed by atoms with Crippen LogP contribution in [0.25, 0.3) is 11.4 Å². The summed E-state index contributed by atoms with van der Waals surface area (Å²) < 4.78 is 9.50. The topological polar surface area (TPSA) is 102 Å². The lowest BCUT2D eigenvalue weighted by Gasteiger charge is -2.25. The highest BCUT2D eigenvalue weighted by Gasteiger charge is 2.46. The molecule has 1 saturated heterocycles. The van der Waals surface area contributed by atoms with E-state index in [1.54, 1.807) is 36.8 Å². The maximum Gasteiger partial charge on any atom is 0.295 e. The number of ketones is 1. The number of hydrogen-bond donors (Lipinski definition) is 1. The largest absolute Gasteiger partial charge is 0.505 e. The number of amides is 1. The lowest BCUT2D eigenvalue weighted by atomic mass is 9.96. The van der Waals surface area contributed by atoms with Gasteiger partial charge in [0, 0.05) is 31.7 Å². The Kier molecular flexibility index (Phi) is 6.83. The number of aliphatic hydroxyl groups is 1. The van der Waals surface area contributed by atoms with Gasteiger partial charge in [0.2, 0.25) is 0 Å². The molecule has 1 fully saturated rings. The van der Waals surface area contributed by atoms with Crippen LogP contribution >= 0.6 is 0 Å². The number of ether oxygens (including phenoxy) is 1. The van der Waals surface area contributed by atoms with Crippen LogP contribution < -0.4 is 4.74 Å². The second-order valence-electron chi connectivity index (χ2n) is 9.25. The number of carbonyl (C=O) groups is 2. The number of likely N-dealkylation sites (tertiary alicyclic amines) is 1. The van der Waals surface area contributed by atoms with Gasteiger partial charge >= 0.3 is 0 Å². The molecule has 0 bridgehead atoms. The van der Waals surface area contributed by atoms with Crippen LogP contribution in [0.3, 0.4) is 0 Å². The number of aromatic nitrogens is 4. The highest BCUT2D eigenvalue weighted by molar-refractivity contribution is 6.46. The van der Waals surface area contributed by atoms with Crippen molar-refractivity contribution in [1.29, 1.82) is 0 Å². The SMILES string of the molecule is C=CCOc1cccc(C2/C(=C(\O)c3nc4c(C)cccn4c3C)C(=O)C(=O)N2CCCn2ccnc2)c1. The van der Waals surface area contributed by atoms with Crippen molar-refractivity contribution in [3.63, 3.8) is 0 Å². The Balaban J connectivity index is 1.60. The molecule has 0 radical (unpaired) electrons. The highest BCUT2D eigenvalue weighted by Crippen LogP contribution is 2.40. The Labute approximate surface area is 220 Å². The number of imidazole rings is 2. The van der Waals surface area contributed by atoms with E-state index in [-0.39, 0.29) is 17.0 Å². The minimum absolute atomic E-state index is 0.0164. The molecule has 1 atom stereocenters. The van der Waals surface area contributed by atoms with Gasteiger partial charge < -0.3 is 23.7 Å². The maximum atomic E-state index is 13.5. The smallest absolute Gasteiger partial charge is 0.295 e. The van der Waals surface area contributed by atoms with Crippen LogP contribution in [0.2, 0.25) is 0 Å². The van der Waals surface area contributed by atoms with E-state index in [1.165, 1.54) is 4.90 Å². The van der Waals surface area contributed by atoms with Crippen LogP contribution in [-0.2, 0) is 16.1 Å². The number of hydrogen-bond acceptors (Lipinski definition) is 6. The summed E-state index contributed by atoms with van der Waals surface area (Å²) in [5, 5.41) is 11.6. The molecule has 1 N–H and O–H groups in total. The van der Waals surface area contributed by atoms with Gasteiger partial charge in [0.25, 0.3) is 11.7 Å². The van der Waals surface area contributed by atoms with Crippen molar-refractivity contribution in [2.75, 3.05) is 13.2 Å². The fourth-order valence-corrected chi connectivity index (χ4v) is 4.90. The van der Waals surface area contributed by atoms with E-state index in [0.29, 0.717) is 48.8 Å². The molecule has 1 unspecified atom stereocenters. The summed E-state index contributed by atoms with van der Waals surface area (Å²) in [5.41, 5.74) is 3.24. The number of carbonyl (C=O) groups excluding carboxylic acids is 2. The van der Waals surface area contributed by atoms with Crippen molar-refractivity contribution in [3.05, 3.63) is 102 Å². The predicted molar refractivity (Wildman–Crippen MR) is 143 cm³/mol. The number of rotatable bonds is 9. The molecular weight excluding hydrogens is 482 g/mol. The first-order valence-corrected chi connectivity index (χ1v) is 12.4. The molecule has 1 amide bonds. The number of aryl methyl sites for hydroxylation is 3. The van der Waals surface area contributed by atoms with Crippen LogP contribution in [0.1, 0.15) is 35.0 Å². The molecule has 4 aromatic rings. The van der Waals surface area contributed by atoms with Crippen LogP contribution in [0.5, 0.6) is 5.75 Å². The number of nitrogens with zero attached hydrogens (tertiary/aromatic N) is 5. The summed E-state index contributed by atoms with van der Waals surface area (Å²) in [6.07, 6.45) is 9.34. The third-order valence-corrected chi connectivity index (χ3v) is 6.76. The standard InChI is InChI=1S/C29H29N5O4/c1-4-16-38-22-10-5-9-21(17-22)25-23(26(35)24-20(3)33-13-6-8-19(2)28(33)31-24)27(36)29(37)34(25)14-7-12-32-15-11-30-18-32/h4-6,8-11,13,15,17-18,25,35H,1,7,12,14,16H2,2-3H3/b26-23+. The monoisotopic (exact) mass is 511 g/mol. The first kappa shape index (κ1) is 25.0. The first-order chi connectivity index (χ1) is 18.4. The molecule has 0 spiro atoms. The number of pyridine rings is 1. The number of aliphatic hydroxyl groups excluding tert-OH is 1. The molecule has 9 nitrogen and oxygen atoms in total. The second-order valence-corrected chi connectivity index (χ2v) is 9.25. The minimum atomic E-state index is -0.796. The van der Waals surface area contributed by atoms with Gasteiger partial charge in [0.15, 0.2) is 5.76 Å². The zero-order chi connectivity index (χ0) is 26.8. The molecule has 1 aliphatic rings. The normalized spacial score (nSPS) is 16.9. The van der Waals surface area contributed by atoms with E-state index in [4.69, 9.17) is 4.74 Å². The van der Waals surface area contributed by atoms with Gasteiger partial charge in [-0.2, -0.15) is 0 Å². The van der Waals surface area contributed by atoms with E-state index in [9.17, 15) is 14.7 Å². The van der Waals surface area contributed by atoms with Crippen molar-refractivity contribution in [2.24, 2.45) is 0 Å². The van der Waals surface area contributed by atoms with Gasteiger partial charge in [-0.25, -0.2) is 9.97 Å². The van der Waals surface area contributed by atoms with Gasteiger partial charge in [-0.05, 0) is 49.6 Å². The molecule has 9 heteroatoms. The molecule has 4 heterocycles. The Morgan fingerprint density at radius 2 is 2.00 bits per heavy atom.